The van der Waals surface area contributed by atoms with Crippen LogP contribution in [0, 0.1) is 13.8 Å². The van der Waals surface area contributed by atoms with Gasteiger partial charge < -0.3 is 5.11 Å². The molecule has 2 N–H and O–H groups in total. The van der Waals surface area contributed by atoms with Gasteiger partial charge in [-0.25, -0.2) is 0 Å². The van der Waals surface area contributed by atoms with Crippen molar-refractivity contribution in [2.75, 3.05) is 0 Å². The third kappa shape index (κ3) is 2.63. The molecule has 126 valence electrons. The zero-order valence-electron chi connectivity index (χ0n) is 13.5. The van der Waals surface area contributed by atoms with E-state index in [0.717, 1.165) is 5.56 Å². The quantitative estimate of drug-likeness (QED) is 0.705. The lowest BCUT2D eigenvalue weighted by Crippen LogP contribution is -2.04. The molecule has 1 heterocycles. The molecule has 0 aliphatic heterocycles. The minimum absolute atomic E-state index is 0.0185. The summed E-state index contributed by atoms with van der Waals surface area (Å²) in [4.78, 5) is 0.950. The Kier molecular flexibility index (Phi) is 3.81. The number of phenols is 1. The first-order valence-electron chi connectivity index (χ1n) is 7.39. The van der Waals surface area contributed by atoms with Crippen molar-refractivity contribution in [1.29, 1.82) is 0 Å². The molecule has 0 bridgehead atoms. The number of aryl methyl sites for hydroxylation is 3. The molecule has 0 atom stereocenters. The van der Waals surface area contributed by atoms with Gasteiger partial charge in [0, 0.05) is 0 Å². The third-order valence-corrected chi connectivity index (χ3v) is 4.84. The molecule has 0 saturated heterocycles. The molecule has 0 radical (unpaired) electrons. The maximum absolute atomic E-state index is 11.8. The van der Waals surface area contributed by atoms with Gasteiger partial charge in [-0.15, -0.1) is 15.0 Å². The number of fused-ring (bicyclic) bond motifs is 1. The Bertz CT molecular complexity index is 1050. The van der Waals surface area contributed by atoms with Crippen LogP contribution in [0.2, 0.25) is 0 Å². The lowest BCUT2D eigenvalue weighted by molar-refractivity contribution is 0.463. The standard InChI is InChI=1S/C16H17N3O4S/c1-4-11-5-6-12-14(16(11)24(21,22)23)18-19(17-12)13-8-9(2)7-10(3)15(13)20/h5-8,20H,4H2,1-3H3,(H,21,22,23). The second-order valence-electron chi connectivity index (χ2n) is 5.69. The highest BCUT2D eigenvalue weighted by Gasteiger charge is 2.23. The second-order valence-corrected chi connectivity index (χ2v) is 7.05. The van der Waals surface area contributed by atoms with Gasteiger partial charge in [0.15, 0.2) is 0 Å². The number of phenolic OH excluding ortho intramolecular Hbond substituents is 1. The summed E-state index contributed by atoms with van der Waals surface area (Å²) >= 11 is 0. The van der Waals surface area contributed by atoms with E-state index in [0.29, 0.717) is 28.8 Å². The van der Waals surface area contributed by atoms with Crippen molar-refractivity contribution >= 4 is 21.2 Å². The zero-order valence-corrected chi connectivity index (χ0v) is 14.3. The normalized spacial score (nSPS) is 12.0. The highest BCUT2D eigenvalue weighted by molar-refractivity contribution is 7.86. The van der Waals surface area contributed by atoms with Gasteiger partial charge in [-0.3, -0.25) is 4.55 Å². The van der Waals surface area contributed by atoms with Crippen LogP contribution in [0.25, 0.3) is 16.7 Å². The topological polar surface area (TPSA) is 105 Å². The predicted molar refractivity (Wildman–Crippen MR) is 89.2 cm³/mol. The molecular formula is C16H17N3O4S. The van der Waals surface area contributed by atoms with E-state index < -0.39 is 10.1 Å². The molecule has 2 aromatic carbocycles. The number of hydrogen-bond acceptors (Lipinski definition) is 5. The molecule has 7 nitrogen and oxygen atoms in total. The molecule has 0 unspecified atom stereocenters. The SMILES string of the molecule is CCc1ccc2nn(-c3cc(C)cc(C)c3O)nc2c1S(=O)(=O)O. The van der Waals surface area contributed by atoms with Crippen molar-refractivity contribution in [2.45, 2.75) is 32.1 Å². The highest BCUT2D eigenvalue weighted by atomic mass is 32.2. The largest absolute Gasteiger partial charge is 0.505 e. The number of aromatic nitrogens is 3. The van der Waals surface area contributed by atoms with E-state index in [1.165, 1.54) is 4.80 Å². The minimum Gasteiger partial charge on any atom is -0.505 e. The Morgan fingerprint density at radius 1 is 1.17 bits per heavy atom. The fourth-order valence-electron chi connectivity index (χ4n) is 2.76. The van der Waals surface area contributed by atoms with Gasteiger partial charge in [0.25, 0.3) is 10.1 Å². The van der Waals surface area contributed by atoms with Gasteiger partial charge in [0.1, 0.15) is 27.4 Å². The lowest BCUT2D eigenvalue weighted by atomic mass is 10.1. The van der Waals surface area contributed by atoms with E-state index >= 15 is 0 Å². The maximum Gasteiger partial charge on any atom is 0.297 e. The molecule has 3 aromatic rings. The monoisotopic (exact) mass is 347 g/mol. The van der Waals surface area contributed by atoms with Gasteiger partial charge in [0.2, 0.25) is 0 Å². The van der Waals surface area contributed by atoms with Gasteiger partial charge in [-0.1, -0.05) is 19.1 Å². The summed E-state index contributed by atoms with van der Waals surface area (Å²) in [5.41, 5.74) is 2.78. The summed E-state index contributed by atoms with van der Waals surface area (Å²) in [6.45, 7) is 5.42. The van der Waals surface area contributed by atoms with Crippen LogP contribution in [0.3, 0.4) is 0 Å². The Labute approximate surface area is 139 Å². The number of hydrogen-bond donors (Lipinski definition) is 2. The molecule has 0 saturated carbocycles. The summed E-state index contributed by atoms with van der Waals surface area (Å²) in [6.07, 6.45) is 0.423. The number of nitrogens with zero attached hydrogens (tertiary/aromatic N) is 3. The van der Waals surface area contributed by atoms with E-state index in [2.05, 4.69) is 10.2 Å². The van der Waals surface area contributed by atoms with E-state index in [4.69, 9.17) is 0 Å². The van der Waals surface area contributed by atoms with Gasteiger partial charge in [-0.2, -0.15) is 8.42 Å². The summed E-state index contributed by atoms with van der Waals surface area (Å²) in [5, 5.41) is 18.7. The summed E-state index contributed by atoms with van der Waals surface area (Å²) < 4.78 is 33.1. The first-order chi connectivity index (χ1) is 11.2. The van der Waals surface area contributed by atoms with Gasteiger partial charge in [0.05, 0.1) is 0 Å². The van der Waals surface area contributed by atoms with Crippen LogP contribution in [0.4, 0.5) is 0 Å². The minimum atomic E-state index is -4.45. The van der Waals surface area contributed by atoms with Crippen molar-refractivity contribution in [2.24, 2.45) is 0 Å². The molecule has 8 heteroatoms. The van der Waals surface area contributed by atoms with Crippen molar-refractivity contribution in [3.63, 3.8) is 0 Å². The fraction of sp³-hybridized carbons (Fsp3) is 0.250. The molecule has 0 spiro atoms. The number of rotatable bonds is 3. The van der Waals surface area contributed by atoms with E-state index in [-0.39, 0.29) is 16.2 Å². The van der Waals surface area contributed by atoms with E-state index in [1.807, 2.05) is 13.0 Å². The Balaban J connectivity index is 2.35. The van der Waals surface area contributed by atoms with Crippen molar-refractivity contribution in [3.8, 4) is 11.4 Å². The summed E-state index contributed by atoms with van der Waals surface area (Å²) in [7, 11) is -4.45. The van der Waals surface area contributed by atoms with E-state index in [9.17, 15) is 18.1 Å². The molecule has 0 aliphatic rings. The molecule has 3 rings (SSSR count). The lowest BCUT2D eigenvalue weighted by Gasteiger charge is -2.07. The number of benzene rings is 2. The van der Waals surface area contributed by atoms with Gasteiger partial charge >= 0.3 is 0 Å². The maximum atomic E-state index is 11.8. The summed E-state index contributed by atoms with van der Waals surface area (Å²) in [5.74, 6) is 0.0185. The van der Waals surface area contributed by atoms with Crippen LogP contribution in [0.15, 0.2) is 29.2 Å². The number of aromatic hydroxyl groups is 1. The molecule has 24 heavy (non-hydrogen) atoms. The van der Waals surface area contributed by atoms with Crippen LogP contribution in [-0.4, -0.2) is 33.1 Å². The molecule has 0 amide bonds. The second kappa shape index (κ2) is 5.57. The van der Waals surface area contributed by atoms with Crippen molar-refractivity contribution in [1.82, 2.24) is 15.0 Å². The average molecular weight is 347 g/mol. The zero-order chi connectivity index (χ0) is 17.6. The Morgan fingerprint density at radius 3 is 2.50 bits per heavy atom. The first kappa shape index (κ1) is 16.4. The summed E-state index contributed by atoms with van der Waals surface area (Å²) in [6, 6.07) is 6.77. The van der Waals surface area contributed by atoms with Crippen LogP contribution < -0.4 is 0 Å². The Morgan fingerprint density at radius 2 is 1.88 bits per heavy atom. The molecule has 1 aromatic heterocycles. The van der Waals surface area contributed by atoms with Crippen molar-refractivity contribution in [3.05, 3.63) is 41.0 Å². The molecular weight excluding hydrogens is 330 g/mol. The fourth-order valence-corrected chi connectivity index (χ4v) is 3.70. The van der Waals surface area contributed by atoms with Crippen LogP contribution >= 0.6 is 0 Å². The third-order valence-electron chi connectivity index (χ3n) is 3.87. The average Bonchev–Trinajstić information content (AvgIpc) is 2.92. The van der Waals surface area contributed by atoms with Crippen molar-refractivity contribution < 1.29 is 18.1 Å². The first-order valence-corrected chi connectivity index (χ1v) is 8.83. The van der Waals surface area contributed by atoms with Crippen LogP contribution in [0.1, 0.15) is 23.6 Å². The predicted octanol–water partition coefficient (Wildman–Crippen LogP) is 2.55. The van der Waals surface area contributed by atoms with Crippen LogP contribution in [-0.2, 0) is 16.5 Å². The molecule has 0 aliphatic carbocycles. The Hall–Kier alpha value is -2.45. The smallest absolute Gasteiger partial charge is 0.297 e. The van der Waals surface area contributed by atoms with Gasteiger partial charge in [-0.05, 0) is 49.1 Å². The van der Waals surface area contributed by atoms with Crippen LogP contribution in [0.5, 0.6) is 5.75 Å². The highest BCUT2D eigenvalue weighted by Crippen LogP contribution is 2.29. The molecule has 0 fully saturated rings. The van der Waals surface area contributed by atoms with E-state index in [1.54, 1.807) is 32.0 Å².